The van der Waals surface area contributed by atoms with Crippen molar-refractivity contribution in [2.24, 2.45) is 5.92 Å². The van der Waals surface area contributed by atoms with E-state index in [1.54, 1.807) is 53.5 Å². The van der Waals surface area contributed by atoms with Crippen molar-refractivity contribution < 1.29 is 80.5 Å². The van der Waals surface area contributed by atoms with E-state index in [1.807, 2.05) is 26.8 Å². The molecule has 0 spiro atoms. The van der Waals surface area contributed by atoms with Crippen LogP contribution in [0.5, 0.6) is 0 Å². The number of carbonyl (C=O) groups excluding carboxylic acids is 2. The lowest BCUT2D eigenvalue weighted by Gasteiger charge is -2.31. The zero-order valence-electron chi connectivity index (χ0n) is 46.8. The SMILES string of the molecule is CC1(C)C2=[N+](CCCCCC(=O)NCC(CCCCCC(=O)O)CNC(=O)CCCCCC3(C)/C(=C/C=C/C=C/2)N(CCCS(=O)(=O)O)c2ccc4c(S(=O)(=O)O)cc(S(=O)(=O)O)cc4c23)c2ccc3c(S(=O)(=O)[O-])cc(S(O)(=P)=P)cc3c21. The summed E-state index contributed by atoms with van der Waals surface area (Å²) in [4.78, 5) is 37.7. The summed E-state index contributed by atoms with van der Waals surface area (Å²) in [5, 5.41) is 15.7. The Morgan fingerprint density at radius 3 is 1.92 bits per heavy atom. The van der Waals surface area contributed by atoms with Gasteiger partial charge < -0.3 is 29.7 Å². The third-order valence-corrected chi connectivity index (χ3v) is 21.6. The Labute approximate surface area is 495 Å². The zero-order valence-corrected chi connectivity index (χ0v) is 52.9. The Bertz CT molecular complexity index is 4000. The van der Waals surface area contributed by atoms with Crippen molar-refractivity contribution in [2.45, 2.75) is 147 Å². The number of hydrogen-bond acceptors (Lipinski definition) is 13. The highest BCUT2D eigenvalue weighted by atomic mass is 32.7. The normalized spacial score (nSPS) is 21.6. The Hall–Kier alpha value is -4.95. The second kappa shape index (κ2) is 26.6. The summed E-state index contributed by atoms with van der Waals surface area (Å²) in [6.45, 7) is 6.68. The molecule has 7 N–H and O–H groups in total. The smallest absolute Gasteiger partial charge is 0.303 e. The van der Waals surface area contributed by atoms with E-state index in [1.165, 1.54) is 6.07 Å². The molecule has 0 aromatic heterocycles. The molecule has 7 rings (SSSR count). The van der Waals surface area contributed by atoms with Crippen LogP contribution in [0.25, 0.3) is 21.5 Å². The Balaban J connectivity index is 1.37. The standard InChI is InChI=1S/C56H72N4O17P2S5/c1-55(2)48-18-9-5-10-19-49-56(3,54-43-31-38(81(68,69)70)33-46(82(71,72)73)41(43)24-26-45(54)60(49)29-16-30-80(65,66)67)27-14-6-11-20-50(61)57-35-37(17-8-4-13-22-52(63)64)36-58-51(62)21-12-7-15-28-59(48)44-25-23-40-42(53(44)55)32-39(84(77,78)79)34-47(40)83(74,75)76/h5,9-10,18-19,23-26,31-34,37,78-79H,4,6-8,11-17,20-22,27-30,35-36H2,1-3H3,(H7-,57,58,61,62,63,64,65,66,67,68,69,70,71,72,73,74,75,76,77). The third kappa shape index (κ3) is 16.0. The van der Waals surface area contributed by atoms with E-state index in [0.29, 0.717) is 110 Å². The Morgan fingerprint density at radius 2 is 1.31 bits per heavy atom. The van der Waals surface area contributed by atoms with Crippen molar-refractivity contribution >= 4 is 122 Å². The van der Waals surface area contributed by atoms with Crippen LogP contribution in [0.2, 0.25) is 0 Å². The van der Waals surface area contributed by atoms with Crippen LogP contribution in [-0.2, 0) is 74.4 Å². The highest BCUT2D eigenvalue weighted by Crippen LogP contribution is 2.54. The minimum atomic E-state index is -5.12. The van der Waals surface area contributed by atoms with Gasteiger partial charge in [-0.1, -0.05) is 66.0 Å². The second-order valence-corrected chi connectivity index (χ2v) is 34.5. The molecular formula is C56H72N4O17P2S5. The number of carboxylic acids is 1. The first-order valence-corrected chi connectivity index (χ1v) is 37.4. The van der Waals surface area contributed by atoms with Gasteiger partial charge in [0.25, 0.3) is 30.4 Å². The van der Waals surface area contributed by atoms with Crippen LogP contribution in [0.1, 0.15) is 128 Å². The molecule has 458 valence electrons. The molecule has 3 aliphatic rings. The van der Waals surface area contributed by atoms with Crippen LogP contribution in [0.3, 0.4) is 0 Å². The molecule has 2 amide bonds. The molecule has 84 heavy (non-hydrogen) atoms. The van der Waals surface area contributed by atoms with E-state index in [0.717, 1.165) is 17.8 Å². The van der Waals surface area contributed by atoms with Gasteiger partial charge in [0.2, 0.25) is 17.5 Å². The number of unbranched alkanes of at least 4 members (excludes halogenated alkanes) is 2. The first-order chi connectivity index (χ1) is 39.1. The lowest BCUT2D eigenvalue weighted by atomic mass is 9.75. The number of anilines is 1. The maximum absolute atomic E-state index is 13.4. The number of hydrogen-bond donors (Lipinski definition) is 7. The molecule has 0 aliphatic carbocycles. The van der Waals surface area contributed by atoms with Gasteiger partial charge >= 0.3 is 5.97 Å². The molecule has 2 unspecified atom stereocenters. The number of nitrogens with one attached hydrogen (secondary N) is 2. The second-order valence-electron chi connectivity index (χ2n) is 22.4. The van der Waals surface area contributed by atoms with Gasteiger partial charge in [-0.25, -0.2) is 8.42 Å². The number of aliphatic carboxylic acids is 1. The van der Waals surface area contributed by atoms with Gasteiger partial charge in [0, 0.05) is 95.5 Å². The molecule has 21 nitrogen and oxygen atoms in total. The minimum Gasteiger partial charge on any atom is -0.744 e. The average Bonchev–Trinajstić information content (AvgIpc) is 1.53. The third-order valence-electron chi connectivity index (χ3n) is 15.9. The fourth-order valence-electron chi connectivity index (χ4n) is 11.9. The summed E-state index contributed by atoms with van der Waals surface area (Å²) in [6.07, 6.45) is 15.0. The van der Waals surface area contributed by atoms with E-state index in [-0.39, 0.29) is 90.5 Å². The molecule has 0 fully saturated rings. The molecular weight excluding hydrogens is 1220 g/mol. The van der Waals surface area contributed by atoms with Crippen LogP contribution in [-0.4, -0.2) is 122 Å². The Kier molecular flexibility index (Phi) is 21.1. The highest BCUT2D eigenvalue weighted by Gasteiger charge is 2.47. The number of carbonyl (C=O) groups is 3. The average molecular weight is 1300 g/mol. The minimum absolute atomic E-state index is 0.0209. The van der Waals surface area contributed by atoms with Crippen molar-refractivity contribution in [1.82, 2.24) is 10.6 Å². The number of amides is 2. The van der Waals surface area contributed by atoms with Gasteiger partial charge in [-0.15, -0.1) is 0 Å². The summed E-state index contributed by atoms with van der Waals surface area (Å²) in [6, 6.07) is 10.8. The lowest BCUT2D eigenvalue weighted by Crippen LogP contribution is -2.36. The van der Waals surface area contributed by atoms with Crippen LogP contribution >= 0.6 is 16.0 Å². The summed E-state index contributed by atoms with van der Waals surface area (Å²) >= 11 is 0. The number of carboxylic acid groups (broad SMARTS) is 1. The molecule has 28 heteroatoms. The summed E-state index contributed by atoms with van der Waals surface area (Å²) in [5.74, 6) is -2.07. The fourth-order valence-corrected chi connectivity index (χ4v) is 15.8. The van der Waals surface area contributed by atoms with Crippen molar-refractivity contribution in [3.63, 3.8) is 0 Å². The quantitative estimate of drug-likeness (QED) is 0.0267. The molecule has 2 atom stereocenters. The first-order valence-electron chi connectivity index (χ1n) is 27.5. The molecule has 0 radical (unpaired) electrons. The van der Waals surface area contributed by atoms with Crippen LogP contribution in [0.4, 0.5) is 11.4 Å². The summed E-state index contributed by atoms with van der Waals surface area (Å²) < 4.78 is 158. The predicted octanol–water partition coefficient (Wildman–Crippen LogP) is 9.33. The topological polar surface area (TPSA) is 342 Å². The van der Waals surface area contributed by atoms with Crippen LogP contribution in [0.15, 0.2) is 104 Å². The van der Waals surface area contributed by atoms with Gasteiger partial charge in [-0.3, -0.25) is 28.0 Å². The van der Waals surface area contributed by atoms with E-state index in [4.69, 9.17) is 5.11 Å². The first kappa shape index (κ1) is 66.6. The Morgan fingerprint density at radius 1 is 0.702 bits per heavy atom. The van der Waals surface area contributed by atoms with Crippen molar-refractivity contribution in [3.8, 4) is 0 Å². The number of benzene rings is 4. The monoisotopic (exact) mass is 1290 g/mol. The molecule has 4 aromatic carbocycles. The molecule has 3 heterocycles. The van der Waals surface area contributed by atoms with E-state index in [9.17, 15) is 70.8 Å². The molecule has 0 saturated heterocycles. The van der Waals surface area contributed by atoms with E-state index >= 15 is 0 Å². The van der Waals surface area contributed by atoms with Gasteiger partial charge in [0.15, 0.2) is 5.71 Å². The van der Waals surface area contributed by atoms with Gasteiger partial charge in [0.05, 0.1) is 21.0 Å². The van der Waals surface area contributed by atoms with Crippen molar-refractivity contribution in [2.75, 3.05) is 36.8 Å². The fraction of sp³-hybridized carbons (Fsp3) is 0.464. The lowest BCUT2D eigenvalue weighted by molar-refractivity contribution is -0.438. The number of allylic oxidation sites excluding steroid dienone is 6. The molecule has 0 bridgehead atoms. The van der Waals surface area contributed by atoms with E-state index in [2.05, 4.69) is 31.2 Å². The summed E-state index contributed by atoms with van der Waals surface area (Å²) in [7, 11) is -16.1. The van der Waals surface area contributed by atoms with E-state index < -0.39 is 86.4 Å². The van der Waals surface area contributed by atoms with Crippen molar-refractivity contribution in [1.29, 1.82) is 0 Å². The number of rotatable bonds is 14. The largest absolute Gasteiger partial charge is 0.744 e. The highest BCUT2D eigenvalue weighted by molar-refractivity contribution is 8.37. The predicted molar refractivity (Wildman–Crippen MR) is 327 cm³/mol. The number of nitrogens with zero attached hydrogens (tertiary/aromatic N) is 2. The van der Waals surface area contributed by atoms with Crippen molar-refractivity contribution in [3.05, 3.63) is 95.7 Å². The summed E-state index contributed by atoms with van der Waals surface area (Å²) in [5.41, 5.74) is 1.45. The zero-order chi connectivity index (χ0) is 61.8. The van der Waals surface area contributed by atoms with Gasteiger partial charge in [-0.05, 0) is 139 Å². The van der Waals surface area contributed by atoms with Crippen LogP contribution < -0.4 is 15.5 Å². The molecule has 4 aromatic rings. The maximum Gasteiger partial charge on any atom is 0.303 e. The van der Waals surface area contributed by atoms with Crippen LogP contribution in [0, 0.1) is 5.92 Å². The number of fused-ring (bicyclic) bond motifs is 9. The molecule has 0 saturated carbocycles. The molecule has 3 aliphatic heterocycles. The van der Waals surface area contributed by atoms with Gasteiger partial charge in [-0.2, -0.15) is 29.8 Å². The maximum atomic E-state index is 13.4. The van der Waals surface area contributed by atoms with Gasteiger partial charge in [0.1, 0.15) is 21.6 Å².